The largest absolute Gasteiger partial charge is 0.276 e. The molecule has 0 aromatic heterocycles. The Labute approximate surface area is 202 Å². The van der Waals surface area contributed by atoms with Gasteiger partial charge < -0.3 is 0 Å². The van der Waals surface area contributed by atoms with Gasteiger partial charge in [-0.05, 0) is 43.2 Å². The summed E-state index contributed by atoms with van der Waals surface area (Å²) in [5.74, 6) is 0. The molecule has 2 aliphatic carbocycles. The van der Waals surface area contributed by atoms with E-state index >= 15 is 0 Å². The van der Waals surface area contributed by atoms with Gasteiger partial charge in [0.05, 0.1) is 18.2 Å². The van der Waals surface area contributed by atoms with Gasteiger partial charge in [-0.1, -0.05) is 119 Å². The van der Waals surface area contributed by atoms with Crippen LogP contribution in [0.15, 0.2) is 60.7 Å². The maximum atomic E-state index is 3.05. The quantitative estimate of drug-likeness (QED) is 0.424. The fraction of sp³-hybridized carbons (Fsp3) is 0.613. The van der Waals surface area contributed by atoms with Crippen molar-refractivity contribution in [1.82, 2.24) is 9.80 Å². The van der Waals surface area contributed by atoms with E-state index in [-0.39, 0.29) is 0 Å². The molecule has 2 nitrogen and oxygen atoms in total. The molecule has 2 aromatic rings. The van der Waals surface area contributed by atoms with E-state index in [0.29, 0.717) is 18.2 Å². The highest BCUT2D eigenvalue weighted by Gasteiger charge is 2.52. The standard InChI is InChI=1S/C31H44N2/c1-2-3-24-29-32(27-20-12-6-13-21-27)30(25-16-8-4-9-17-25)31(26-18-10-5-11-19-26)33(29)28-22-14-7-15-23-28/h4-5,8-11,16-19,27-31H,2-3,6-7,12-15,20-24H2,1H3/t30-,31-/m0/s1. The number of nitrogens with zero attached hydrogens (tertiary/aromatic N) is 2. The first-order valence-electron chi connectivity index (χ1n) is 14.0. The van der Waals surface area contributed by atoms with Crippen LogP contribution in [0.4, 0.5) is 0 Å². The summed E-state index contributed by atoms with van der Waals surface area (Å²) in [6.07, 6.45) is 18.5. The Hall–Kier alpha value is -1.64. The fourth-order valence-electron chi connectivity index (χ4n) is 7.24. The Balaban J connectivity index is 1.63. The zero-order valence-corrected chi connectivity index (χ0v) is 20.7. The van der Waals surface area contributed by atoms with E-state index in [0.717, 1.165) is 12.1 Å². The molecule has 1 aliphatic heterocycles. The van der Waals surface area contributed by atoms with Crippen molar-refractivity contribution >= 4 is 0 Å². The van der Waals surface area contributed by atoms with Gasteiger partial charge in [0, 0.05) is 12.1 Å². The zero-order valence-electron chi connectivity index (χ0n) is 20.7. The van der Waals surface area contributed by atoms with Gasteiger partial charge >= 0.3 is 0 Å². The molecule has 3 fully saturated rings. The second-order valence-corrected chi connectivity index (χ2v) is 10.8. The molecule has 0 amide bonds. The molecule has 2 saturated carbocycles. The van der Waals surface area contributed by atoms with Crippen molar-refractivity contribution in [3.63, 3.8) is 0 Å². The first-order chi connectivity index (χ1) is 16.4. The average molecular weight is 445 g/mol. The van der Waals surface area contributed by atoms with Crippen LogP contribution in [0.1, 0.15) is 114 Å². The number of rotatable bonds is 7. The summed E-state index contributed by atoms with van der Waals surface area (Å²) < 4.78 is 0. The second-order valence-electron chi connectivity index (χ2n) is 10.8. The highest BCUT2D eigenvalue weighted by Crippen LogP contribution is 2.52. The van der Waals surface area contributed by atoms with Gasteiger partial charge in [-0.25, -0.2) is 0 Å². The van der Waals surface area contributed by atoms with Crippen LogP contribution in [-0.2, 0) is 0 Å². The van der Waals surface area contributed by atoms with Crippen molar-refractivity contribution in [2.75, 3.05) is 0 Å². The monoisotopic (exact) mass is 444 g/mol. The third kappa shape index (κ3) is 4.93. The van der Waals surface area contributed by atoms with Crippen LogP contribution in [0, 0.1) is 0 Å². The third-order valence-corrected chi connectivity index (χ3v) is 8.72. The van der Waals surface area contributed by atoms with E-state index in [2.05, 4.69) is 77.4 Å². The van der Waals surface area contributed by atoms with Crippen molar-refractivity contribution in [2.45, 2.75) is 121 Å². The molecule has 0 unspecified atom stereocenters. The molecule has 0 spiro atoms. The van der Waals surface area contributed by atoms with Crippen LogP contribution < -0.4 is 0 Å². The molecule has 2 aromatic carbocycles. The van der Waals surface area contributed by atoms with E-state index in [1.54, 1.807) is 0 Å². The molecule has 0 bridgehead atoms. The van der Waals surface area contributed by atoms with Crippen LogP contribution in [0.3, 0.4) is 0 Å². The van der Waals surface area contributed by atoms with Gasteiger partial charge in [-0.2, -0.15) is 0 Å². The van der Waals surface area contributed by atoms with E-state index < -0.39 is 0 Å². The summed E-state index contributed by atoms with van der Waals surface area (Å²) in [6.45, 7) is 2.37. The first-order valence-corrected chi connectivity index (χ1v) is 14.0. The van der Waals surface area contributed by atoms with Crippen molar-refractivity contribution in [3.8, 4) is 0 Å². The molecule has 2 heteroatoms. The number of unbranched alkanes of at least 4 members (excludes halogenated alkanes) is 1. The Morgan fingerprint density at radius 1 is 0.606 bits per heavy atom. The summed E-state index contributed by atoms with van der Waals surface area (Å²) in [4.78, 5) is 6.10. The van der Waals surface area contributed by atoms with Gasteiger partial charge in [0.15, 0.2) is 0 Å². The molecule has 1 heterocycles. The highest BCUT2D eigenvalue weighted by atomic mass is 15.5. The minimum Gasteiger partial charge on any atom is -0.276 e. The van der Waals surface area contributed by atoms with Crippen LogP contribution in [0.2, 0.25) is 0 Å². The van der Waals surface area contributed by atoms with E-state index in [4.69, 9.17) is 0 Å². The molecule has 2 atom stereocenters. The molecular weight excluding hydrogens is 400 g/mol. The zero-order chi connectivity index (χ0) is 22.5. The lowest BCUT2D eigenvalue weighted by Crippen LogP contribution is -2.49. The van der Waals surface area contributed by atoms with Crippen molar-refractivity contribution in [3.05, 3.63) is 71.8 Å². The van der Waals surface area contributed by atoms with Crippen LogP contribution in [-0.4, -0.2) is 28.0 Å². The number of hydrogen-bond acceptors (Lipinski definition) is 2. The summed E-state index contributed by atoms with van der Waals surface area (Å²) in [5, 5.41) is 0. The first kappa shape index (κ1) is 23.1. The molecule has 0 N–H and O–H groups in total. The Morgan fingerprint density at radius 2 is 1.03 bits per heavy atom. The maximum Gasteiger partial charge on any atom is 0.0639 e. The van der Waals surface area contributed by atoms with Crippen molar-refractivity contribution in [2.24, 2.45) is 0 Å². The maximum absolute atomic E-state index is 3.05. The molecule has 178 valence electrons. The lowest BCUT2D eigenvalue weighted by Gasteiger charge is -2.42. The Bertz CT molecular complexity index is 755. The molecule has 5 rings (SSSR count). The average Bonchev–Trinajstić information content (AvgIpc) is 3.24. The predicted octanol–water partition coefficient (Wildman–Crippen LogP) is 8.27. The Morgan fingerprint density at radius 3 is 1.42 bits per heavy atom. The predicted molar refractivity (Wildman–Crippen MR) is 139 cm³/mol. The van der Waals surface area contributed by atoms with Gasteiger partial charge in [0.1, 0.15) is 0 Å². The molecule has 33 heavy (non-hydrogen) atoms. The fourth-order valence-corrected chi connectivity index (χ4v) is 7.24. The Kier molecular flexibility index (Phi) is 7.84. The highest BCUT2D eigenvalue weighted by molar-refractivity contribution is 5.31. The minimum atomic E-state index is 0.459. The second kappa shape index (κ2) is 11.2. The van der Waals surface area contributed by atoms with Crippen LogP contribution in [0.25, 0.3) is 0 Å². The van der Waals surface area contributed by atoms with E-state index in [9.17, 15) is 0 Å². The summed E-state index contributed by atoms with van der Waals surface area (Å²) in [6, 6.07) is 25.5. The lowest BCUT2D eigenvalue weighted by molar-refractivity contribution is 0.0205. The molecule has 3 aliphatic rings. The van der Waals surface area contributed by atoms with Gasteiger partial charge in [-0.3, -0.25) is 9.80 Å². The SMILES string of the molecule is CCCCC1N(C2CCCCC2)[C@@H](c2ccccc2)[C@H](c2ccccc2)N1C1CCCCC1. The molecular formula is C31H44N2. The third-order valence-electron chi connectivity index (χ3n) is 8.72. The van der Waals surface area contributed by atoms with Crippen molar-refractivity contribution < 1.29 is 0 Å². The van der Waals surface area contributed by atoms with Gasteiger partial charge in [0.2, 0.25) is 0 Å². The van der Waals surface area contributed by atoms with E-state index in [1.165, 1.54) is 94.6 Å². The lowest BCUT2D eigenvalue weighted by atomic mass is 9.87. The van der Waals surface area contributed by atoms with Crippen LogP contribution in [0.5, 0.6) is 0 Å². The minimum absolute atomic E-state index is 0.459. The molecule has 0 radical (unpaired) electrons. The topological polar surface area (TPSA) is 6.48 Å². The number of benzene rings is 2. The van der Waals surface area contributed by atoms with Crippen LogP contribution >= 0.6 is 0 Å². The summed E-state index contributed by atoms with van der Waals surface area (Å²) >= 11 is 0. The summed E-state index contributed by atoms with van der Waals surface area (Å²) in [7, 11) is 0. The normalized spacial score (nSPS) is 26.7. The smallest absolute Gasteiger partial charge is 0.0639 e. The van der Waals surface area contributed by atoms with Crippen molar-refractivity contribution in [1.29, 1.82) is 0 Å². The van der Waals surface area contributed by atoms with E-state index in [1.807, 2.05) is 0 Å². The molecule has 1 saturated heterocycles. The van der Waals surface area contributed by atoms with Gasteiger partial charge in [-0.15, -0.1) is 0 Å². The van der Waals surface area contributed by atoms with Gasteiger partial charge in [0.25, 0.3) is 0 Å². The summed E-state index contributed by atoms with van der Waals surface area (Å²) in [5.41, 5.74) is 3.05. The number of hydrogen-bond donors (Lipinski definition) is 0.